The summed E-state index contributed by atoms with van der Waals surface area (Å²) in [5.74, 6) is 0.945. The molecular formula is C10H16N2O2. The van der Waals surface area contributed by atoms with Gasteiger partial charge in [-0.15, -0.1) is 0 Å². The van der Waals surface area contributed by atoms with E-state index in [1.807, 2.05) is 10.8 Å². The molecule has 0 saturated carbocycles. The first-order valence-electron chi connectivity index (χ1n) is 4.70. The average molecular weight is 196 g/mol. The molecule has 0 aromatic carbocycles. The Morgan fingerprint density at radius 3 is 2.57 bits per heavy atom. The van der Waals surface area contributed by atoms with Crippen LogP contribution in [0.3, 0.4) is 0 Å². The van der Waals surface area contributed by atoms with Crippen LogP contribution in [0.25, 0.3) is 6.20 Å². The molecule has 0 aliphatic carbocycles. The van der Waals surface area contributed by atoms with Crippen molar-refractivity contribution in [2.45, 2.75) is 18.8 Å². The first kappa shape index (κ1) is 10.9. The van der Waals surface area contributed by atoms with Gasteiger partial charge in [-0.1, -0.05) is 6.58 Å². The van der Waals surface area contributed by atoms with Crippen LogP contribution in [-0.2, 0) is 0 Å². The van der Waals surface area contributed by atoms with Crippen LogP contribution >= 0.6 is 0 Å². The van der Waals surface area contributed by atoms with Crippen molar-refractivity contribution < 1.29 is 10.2 Å². The lowest BCUT2D eigenvalue weighted by Crippen LogP contribution is -2.09. The first-order valence-corrected chi connectivity index (χ1v) is 4.70. The SMILES string of the molecule is C=Cn1ccnc1C(CCO)CCO. The minimum absolute atomic E-state index is 0.0954. The van der Waals surface area contributed by atoms with Gasteiger partial charge in [-0.05, 0) is 12.8 Å². The Balaban J connectivity index is 2.80. The van der Waals surface area contributed by atoms with Gasteiger partial charge in [-0.25, -0.2) is 4.98 Å². The summed E-state index contributed by atoms with van der Waals surface area (Å²) < 4.78 is 1.82. The predicted molar refractivity (Wildman–Crippen MR) is 54.8 cm³/mol. The number of hydrogen-bond donors (Lipinski definition) is 2. The molecule has 14 heavy (non-hydrogen) atoms. The lowest BCUT2D eigenvalue weighted by atomic mass is 10.0. The maximum absolute atomic E-state index is 8.88. The number of aliphatic hydroxyl groups is 2. The van der Waals surface area contributed by atoms with Gasteiger partial charge in [0.1, 0.15) is 5.82 Å². The fourth-order valence-corrected chi connectivity index (χ4v) is 1.51. The second-order valence-corrected chi connectivity index (χ2v) is 3.10. The van der Waals surface area contributed by atoms with Gasteiger partial charge in [0.2, 0.25) is 0 Å². The van der Waals surface area contributed by atoms with Gasteiger partial charge in [0, 0.05) is 37.7 Å². The van der Waals surface area contributed by atoms with Crippen LogP contribution in [0.2, 0.25) is 0 Å². The lowest BCUT2D eigenvalue weighted by molar-refractivity contribution is 0.238. The Bertz CT molecular complexity index is 277. The van der Waals surface area contributed by atoms with E-state index in [0.29, 0.717) is 12.8 Å². The molecule has 0 aliphatic heterocycles. The molecule has 1 heterocycles. The van der Waals surface area contributed by atoms with Crippen LogP contribution in [-0.4, -0.2) is 33.0 Å². The molecule has 4 nitrogen and oxygen atoms in total. The highest BCUT2D eigenvalue weighted by Gasteiger charge is 2.14. The monoisotopic (exact) mass is 196 g/mol. The molecule has 0 atom stereocenters. The van der Waals surface area contributed by atoms with Crippen molar-refractivity contribution in [2.75, 3.05) is 13.2 Å². The number of rotatable bonds is 6. The van der Waals surface area contributed by atoms with Gasteiger partial charge in [-0.2, -0.15) is 0 Å². The molecule has 0 fully saturated rings. The Morgan fingerprint density at radius 2 is 2.07 bits per heavy atom. The van der Waals surface area contributed by atoms with Crippen molar-refractivity contribution in [1.29, 1.82) is 0 Å². The zero-order valence-corrected chi connectivity index (χ0v) is 8.13. The number of nitrogens with zero attached hydrogens (tertiary/aromatic N) is 2. The smallest absolute Gasteiger partial charge is 0.115 e. The van der Waals surface area contributed by atoms with Crippen molar-refractivity contribution in [2.24, 2.45) is 0 Å². The van der Waals surface area contributed by atoms with E-state index in [9.17, 15) is 0 Å². The summed E-state index contributed by atoms with van der Waals surface area (Å²) in [7, 11) is 0. The van der Waals surface area contributed by atoms with Crippen molar-refractivity contribution in [3.63, 3.8) is 0 Å². The third kappa shape index (κ3) is 2.43. The molecule has 1 rings (SSSR count). The van der Waals surface area contributed by atoms with Crippen LogP contribution in [0.1, 0.15) is 24.6 Å². The fraction of sp³-hybridized carbons (Fsp3) is 0.500. The molecule has 0 radical (unpaired) electrons. The Hall–Kier alpha value is -1.13. The average Bonchev–Trinajstić information content (AvgIpc) is 2.65. The molecule has 0 bridgehead atoms. The van der Waals surface area contributed by atoms with Gasteiger partial charge in [0.25, 0.3) is 0 Å². The third-order valence-corrected chi connectivity index (χ3v) is 2.22. The van der Waals surface area contributed by atoms with E-state index in [2.05, 4.69) is 11.6 Å². The molecule has 4 heteroatoms. The van der Waals surface area contributed by atoms with E-state index >= 15 is 0 Å². The molecule has 0 spiro atoms. The second kappa shape index (κ2) is 5.57. The molecule has 2 N–H and O–H groups in total. The van der Waals surface area contributed by atoms with Crippen molar-refractivity contribution >= 4 is 6.20 Å². The van der Waals surface area contributed by atoms with Crippen molar-refractivity contribution in [1.82, 2.24) is 9.55 Å². The second-order valence-electron chi connectivity index (χ2n) is 3.10. The number of aromatic nitrogens is 2. The number of imidazole rings is 1. The highest BCUT2D eigenvalue weighted by molar-refractivity contribution is 5.21. The molecule has 0 amide bonds. The van der Waals surface area contributed by atoms with E-state index in [1.165, 1.54) is 0 Å². The van der Waals surface area contributed by atoms with Crippen LogP contribution in [0.15, 0.2) is 19.0 Å². The van der Waals surface area contributed by atoms with E-state index in [0.717, 1.165) is 5.82 Å². The summed E-state index contributed by atoms with van der Waals surface area (Å²) in [6.07, 6.45) is 6.41. The van der Waals surface area contributed by atoms with Gasteiger partial charge < -0.3 is 14.8 Å². The molecular weight excluding hydrogens is 180 g/mol. The molecule has 1 aromatic heterocycles. The summed E-state index contributed by atoms with van der Waals surface area (Å²) in [6.45, 7) is 3.88. The van der Waals surface area contributed by atoms with E-state index < -0.39 is 0 Å². The van der Waals surface area contributed by atoms with Crippen molar-refractivity contribution in [3.8, 4) is 0 Å². The summed E-state index contributed by atoms with van der Waals surface area (Å²) in [5, 5.41) is 17.8. The van der Waals surface area contributed by atoms with Crippen LogP contribution in [0.4, 0.5) is 0 Å². The van der Waals surface area contributed by atoms with Gasteiger partial charge in [0.05, 0.1) is 0 Å². The fourth-order valence-electron chi connectivity index (χ4n) is 1.51. The largest absolute Gasteiger partial charge is 0.396 e. The topological polar surface area (TPSA) is 58.3 Å². The summed E-state index contributed by atoms with van der Waals surface area (Å²) in [6, 6.07) is 0. The minimum Gasteiger partial charge on any atom is -0.396 e. The predicted octanol–water partition coefficient (Wildman–Crippen LogP) is 0.832. The Morgan fingerprint density at radius 1 is 1.43 bits per heavy atom. The normalized spacial score (nSPS) is 10.8. The lowest BCUT2D eigenvalue weighted by Gasteiger charge is -2.14. The number of aliphatic hydroxyl groups excluding tert-OH is 2. The molecule has 78 valence electrons. The Labute approximate surface area is 83.5 Å². The maximum Gasteiger partial charge on any atom is 0.115 e. The molecule has 0 unspecified atom stereocenters. The van der Waals surface area contributed by atoms with Gasteiger partial charge in [0.15, 0.2) is 0 Å². The molecule has 0 aliphatic rings. The number of hydrogen-bond acceptors (Lipinski definition) is 3. The summed E-state index contributed by atoms with van der Waals surface area (Å²) in [5.41, 5.74) is 0. The summed E-state index contributed by atoms with van der Waals surface area (Å²) in [4.78, 5) is 4.19. The highest BCUT2D eigenvalue weighted by Crippen LogP contribution is 2.21. The minimum atomic E-state index is 0.0954. The third-order valence-electron chi connectivity index (χ3n) is 2.22. The molecule has 0 saturated heterocycles. The summed E-state index contributed by atoms with van der Waals surface area (Å²) >= 11 is 0. The first-order chi connectivity index (χ1) is 6.83. The van der Waals surface area contributed by atoms with Crippen molar-refractivity contribution in [3.05, 3.63) is 24.8 Å². The maximum atomic E-state index is 8.88. The van der Waals surface area contributed by atoms with E-state index in [-0.39, 0.29) is 19.1 Å². The van der Waals surface area contributed by atoms with E-state index in [4.69, 9.17) is 10.2 Å². The quantitative estimate of drug-likeness (QED) is 0.708. The molecule has 1 aromatic rings. The zero-order chi connectivity index (χ0) is 10.4. The Kier molecular flexibility index (Phi) is 4.35. The highest BCUT2D eigenvalue weighted by atomic mass is 16.3. The van der Waals surface area contributed by atoms with Gasteiger partial charge >= 0.3 is 0 Å². The zero-order valence-electron chi connectivity index (χ0n) is 8.13. The van der Waals surface area contributed by atoms with Gasteiger partial charge in [-0.3, -0.25) is 0 Å². The van der Waals surface area contributed by atoms with Crippen LogP contribution < -0.4 is 0 Å². The van der Waals surface area contributed by atoms with Crippen LogP contribution in [0.5, 0.6) is 0 Å². The van der Waals surface area contributed by atoms with E-state index in [1.54, 1.807) is 12.4 Å². The van der Waals surface area contributed by atoms with Crippen LogP contribution in [0, 0.1) is 0 Å². The standard InChI is InChI=1S/C10H16N2O2/c1-2-12-6-5-11-10(12)9(3-7-13)4-8-14/h2,5-6,9,13-14H,1,3-4,7-8H2.